The highest BCUT2D eigenvalue weighted by Crippen LogP contribution is 2.29. The zero-order valence-electron chi connectivity index (χ0n) is 12.4. The number of cyclic esters (lactones) is 2. The minimum absolute atomic E-state index is 0.302. The first-order valence-corrected chi connectivity index (χ1v) is 6.44. The molecule has 0 aliphatic carbocycles. The van der Waals surface area contributed by atoms with E-state index in [0.717, 1.165) is 0 Å². The van der Waals surface area contributed by atoms with Crippen molar-refractivity contribution < 1.29 is 28.5 Å². The van der Waals surface area contributed by atoms with Gasteiger partial charge in [0, 0.05) is 6.07 Å². The summed E-state index contributed by atoms with van der Waals surface area (Å²) in [6.07, 6.45) is -1.49. The van der Waals surface area contributed by atoms with Crippen LogP contribution in [0, 0.1) is 0 Å². The molecule has 1 aliphatic rings. The molecule has 0 atom stereocenters. The Bertz CT molecular complexity index is 597. The van der Waals surface area contributed by atoms with Gasteiger partial charge in [0.05, 0.1) is 19.9 Å². The van der Waals surface area contributed by atoms with E-state index in [9.17, 15) is 9.59 Å². The Hall–Kier alpha value is -2.77. The Morgan fingerprint density at radius 2 is 1.82 bits per heavy atom. The summed E-state index contributed by atoms with van der Waals surface area (Å²) in [6, 6.07) is 5.14. The fourth-order valence-corrected chi connectivity index (χ4v) is 1.75. The second-order valence-electron chi connectivity index (χ2n) is 4.42. The van der Waals surface area contributed by atoms with Crippen LogP contribution in [0.5, 0.6) is 11.5 Å². The van der Waals surface area contributed by atoms with Gasteiger partial charge in [-0.1, -0.05) is 0 Å². The van der Waals surface area contributed by atoms with Gasteiger partial charge in [0.2, 0.25) is 0 Å². The predicted molar refractivity (Wildman–Crippen MR) is 76.9 cm³/mol. The molecule has 1 N–H and O–H groups in total. The number of benzene rings is 1. The topological polar surface area (TPSA) is 95.5 Å². The smallest absolute Gasteiger partial charge is 0.320 e. The molecule has 22 heavy (non-hydrogen) atoms. The molecule has 0 aromatic heterocycles. The van der Waals surface area contributed by atoms with E-state index in [1.54, 1.807) is 32.2 Å². The lowest BCUT2D eigenvalue weighted by Gasteiger charge is -2.21. The number of carbonyl (C=O) groups is 2. The molecule has 0 radical (unpaired) electrons. The number of methoxy groups -OCH3 is 2. The summed E-state index contributed by atoms with van der Waals surface area (Å²) < 4.78 is 20.1. The lowest BCUT2D eigenvalue weighted by molar-refractivity contribution is -0.190. The summed E-state index contributed by atoms with van der Waals surface area (Å²) in [5.74, 6) is -0.149. The molecule has 8 heteroatoms. The number of anilines is 1. The van der Waals surface area contributed by atoms with Crippen molar-refractivity contribution >= 4 is 23.3 Å². The largest absolute Gasteiger partial charge is 0.493 e. The van der Waals surface area contributed by atoms with Crippen LogP contribution in [0.4, 0.5) is 5.69 Å². The molecule has 0 bridgehead atoms. The van der Waals surface area contributed by atoms with Crippen LogP contribution in [0.2, 0.25) is 0 Å². The summed E-state index contributed by atoms with van der Waals surface area (Å²) in [7, 11) is 3.07. The molecule has 1 aromatic carbocycles. The maximum Gasteiger partial charge on any atom is 0.320 e. The van der Waals surface area contributed by atoms with Crippen molar-refractivity contribution in [1.82, 2.24) is 0 Å². The van der Waals surface area contributed by atoms with Crippen molar-refractivity contribution in [3.8, 4) is 11.5 Å². The molecule has 2 rings (SSSR count). The molecule has 0 saturated carbocycles. The number of esters is 2. The van der Waals surface area contributed by atoms with Crippen LogP contribution in [-0.2, 0) is 19.1 Å². The van der Waals surface area contributed by atoms with E-state index in [0.29, 0.717) is 22.9 Å². The molecule has 1 heterocycles. The first-order valence-electron chi connectivity index (χ1n) is 6.44. The van der Waals surface area contributed by atoms with Crippen molar-refractivity contribution in [2.75, 3.05) is 19.6 Å². The lowest BCUT2D eigenvalue weighted by Crippen LogP contribution is -2.37. The maximum atomic E-state index is 11.2. The highest BCUT2D eigenvalue weighted by Gasteiger charge is 2.29. The van der Waals surface area contributed by atoms with Crippen molar-refractivity contribution in [3.63, 3.8) is 0 Å². The normalized spacial score (nSPS) is 15.9. The summed E-state index contributed by atoms with van der Waals surface area (Å²) >= 11 is 0. The third-order valence-electron chi connectivity index (χ3n) is 2.85. The van der Waals surface area contributed by atoms with Gasteiger partial charge in [0.1, 0.15) is 12.1 Å². The van der Waals surface area contributed by atoms with Gasteiger partial charge in [-0.05, 0) is 19.1 Å². The predicted octanol–water partition coefficient (Wildman–Crippen LogP) is 1.31. The molecule has 8 nitrogen and oxygen atoms in total. The number of hydrazone groups is 1. The van der Waals surface area contributed by atoms with Crippen LogP contribution in [0.3, 0.4) is 0 Å². The van der Waals surface area contributed by atoms with Crippen LogP contribution in [0.25, 0.3) is 0 Å². The fraction of sp³-hybridized carbons (Fsp3) is 0.357. The summed E-state index contributed by atoms with van der Waals surface area (Å²) in [6.45, 7) is 1.57. The number of rotatable bonds is 5. The number of ether oxygens (including phenoxy) is 4. The van der Waals surface area contributed by atoms with Gasteiger partial charge in [-0.2, -0.15) is 5.10 Å². The van der Waals surface area contributed by atoms with Crippen LogP contribution >= 0.6 is 0 Å². The number of hydrogen-bond acceptors (Lipinski definition) is 8. The first-order chi connectivity index (χ1) is 10.5. The van der Waals surface area contributed by atoms with E-state index in [2.05, 4.69) is 10.5 Å². The average Bonchev–Trinajstić information content (AvgIpc) is 2.51. The van der Waals surface area contributed by atoms with E-state index in [1.807, 2.05) is 0 Å². The monoisotopic (exact) mass is 308 g/mol. The van der Waals surface area contributed by atoms with Gasteiger partial charge in [-0.15, -0.1) is 0 Å². The molecule has 0 spiro atoms. The second-order valence-corrected chi connectivity index (χ2v) is 4.42. The Balaban J connectivity index is 2.07. The van der Waals surface area contributed by atoms with E-state index < -0.39 is 18.2 Å². The Morgan fingerprint density at radius 3 is 2.41 bits per heavy atom. The van der Waals surface area contributed by atoms with E-state index in [4.69, 9.17) is 18.9 Å². The second kappa shape index (κ2) is 6.79. The highest BCUT2D eigenvalue weighted by molar-refractivity contribution is 5.97. The molecule has 1 saturated heterocycles. The molecule has 1 aliphatic heterocycles. The van der Waals surface area contributed by atoms with E-state index >= 15 is 0 Å². The number of carbonyl (C=O) groups excluding carboxylic acids is 2. The van der Waals surface area contributed by atoms with Crippen LogP contribution in [0.15, 0.2) is 23.3 Å². The van der Waals surface area contributed by atoms with E-state index in [-0.39, 0.29) is 6.42 Å². The number of nitrogens with one attached hydrogen (secondary N) is 1. The summed E-state index contributed by atoms with van der Waals surface area (Å²) in [5.41, 5.74) is 3.70. The Kier molecular flexibility index (Phi) is 4.82. The third kappa shape index (κ3) is 3.66. The zero-order valence-corrected chi connectivity index (χ0v) is 12.4. The van der Waals surface area contributed by atoms with E-state index in [1.165, 1.54) is 7.11 Å². The lowest BCUT2D eigenvalue weighted by atomic mass is 10.3. The maximum absolute atomic E-state index is 11.2. The molecule has 0 unspecified atom stereocenters. The van der Waals surface area contributed by atoms with Crippen molar-refractivity contribution in [2.45, 2.75) is 19.6 Å². The standard InChI is InChI=1S/C14H16N2O6/c1-8(14-21-12(17)7-13(18)22-14)15-16-9-4-5-10(19-2)11(6-9)20-3/h4-6,14,16H,7H2,1-3H3/b15-8-. The fourth-order valence-electron chi connectivity index (χ4n) is 1.75. The van der Waals surface area contributed by atoms with Crippen molar-refractivity contribution in [1.29, 1.82) is 0 Å². The molecule has 0 amide bonds. The van der Waals surface area contributed by atoms with Crippen LogP contribution in [0.1, 0.15) is 13.3 Å². The number of hydrogen-bond donors (Lipinski definition) is 1. The van der Waals surface area contributed by atoms with Gasteiger partial charge in [0.25, 0.3) is 6.29 Å². The first kappa shape index (κ1) is 15.6. The number of nitrogens with zero attached hydrogens (tertiary/aromatic N) is 1. The molecule has 1 aromatic rings. The molecular weight excluding hydrogens is 292 g/mol. The van der Waals surface area contributed by atoms with Crippen LogP contribution in [-0.4, -0.2) is 38.2 Å². The SMILES string of the molecule is COc1ccc(N/N=C(/C)C2OC(=O)CC(=O)O2)cc1OC. The Morgan fingerprint density at radius 1 is 1.18 bits per heavy atom. The van der Waals surface area contributed by atoms with Crippen LogP contribution < -0.4 is 14.9 Å². The van der Waals surface area contributed by atoms with Gasteiger partial charge in [-0.25, -0.2) is 0 Å². The minimum atomic E-state index is -1.11. The molecular formula is C14H16N2O6. The third-order valence-corrected chi connectivity index (χ3v) is 2.85. The zero-order chi connectivity index (χ0) is 16.1. The average molecular weight is 308 g/mol. The van der Waals surface area contributed by atoms with Gasteiger partial charge >= 0.3 is 11.9 Å². The minimum Gasteiger partial charge on any atom is -0.493 e. The van der Waals surface area contributed by atoms with Crippen molar-refractivity contribution in [3.05, 3.63) is 18.2 Å². The van der Waals surface area contributed by atoms with Crippen molar-refractivity contribution in [2.24, 2.45) is 5.10 Å². The van der Waals surface area contributed by atoms with Gasteiger partial charge in [-0.3, -0.25) is 15.0 Å². The summed E-state index contributed by atoms with van der Waals surface area (Å²) in [4.78, 5) is 22.4. The quantitative estimate of drug-likeness (QED) is 0.379. The van der Waals surface area contributed by atoms with Gasteiger partial charge in [0.15, 0.2) is 11.5 Å². The highest BCUT2D eigenvalue weighted by atomic mass is 16.7. The summed E-state index contributed by atoms with van der Waals surface area (Å²) in [5, 5.41) is 4.03. The molecule has 118 valence electrons. The Labute approximate surface area is 127 Å². The molecule has 1 fully saturated rings. The van der Waals surface area contributed by atoms with Gasteiger partial charge < -0.3 is 18.9 Å².